The average Bonchev–Trinajstić information content (AvgIpc) is 3.13. The van der Waals surface area contributed by atoms with Gasteiger partial charge in [0.2, 0.25) is 0 Å². The summed E-state index contributed by atoms with van der Waals surface area (Å²) in [5, 5.41) is 5.20. The first-order valence-electron chi connectivity index (χ1n) is 8.95. The molecule has 0 N–H and O–H groups in total. The van der Waals surface area contributed by atoms with Crippen molar-refractivity contribution in [2.45, 2.75) is 13.8 Å². The minimum absolute atomic E-state index is 0.291. The van der Waals surface area contributed by atoms with E-state index < -0.39 is 5.97 Å². The summed E-state index contributed by atoms with van der Waals surface area (Å²) < 4.78 is 6.93. The molecule has 0 aliphatic heterocycles. The molecule has 0 radical (unpaired) electrons. The van der Waals surface area contributed by atoms with E-state index in [4.69, 9.17) is 16.3 Å². The number of aromatic nitrogens is 3. The lowest BCUT2D eigenvalue weighted by Gasteiger charge is -2.11. The van der Waals surface area contributed by atoms with Crippen LogP contribution in [0.4, 0.5) is 0 Å². The fourth-order valence-corrected chi connectivity index (χ4v) is 3.24. The van der Waals surface area contributed by atoms with Gasteiger partial charge >= 0.3 is 5.97 Å². The molecule has 0 spiro atoms. The van der Waals surface area contributed by atoms with E-state index in [9.17, 15) is 4.79 Å². The highest BCUT2D eigenvalue weighted by atomic mass is 35.5. The smallest absolute Gasteiger partial charge is 0.341 e. The quantitative estimate of drug-likeness (QED) is 0.448. The molecule has 0 saturated carbocycles. The second-order valence-corrected chi connectivity index (χ2v) is 6.84. The fourth-order valence-electron chi connectivity index (χ4n) is 3.11. The van der Waals surface area contributed by atoms with Crippen LogP contribution in [0, 0.1) is 6.92 Å². The molecule has 6 heteroatoms. The van der Waals surface area contributed by atoms with Crippen molar-refractivity contribution in [3.05, 3.63) is 77.1 Å². The number of fused-ring (bicyclic) bond motifs is 1. The van der Waals surface area contributed by atoms with Crippen LogP contribution in [0.15, 0.2) is 60.9 Å². The minimum atomic E-state index is -0.420. The van der Waals surface area contributed by atoms with Gasteiger partial charge in [-0.1, -0.05) is 53.6 Å². The topological polar surface area (TPSA) is 56.5 Å². The number of carbonyl (C=O) groups is 1. The minimum Gasteiger partial charge on any atom is -0.462 e. The highest BCUT2D eigenvalue weighted by molar-refractivity contribution is 6.30. The van der Waals surface area contributed by atoms with Crippen molar-refractivity contribution in [3.63, 3.8) is 0 Å². The molecule has 2 aromatic carbocycles. The maximum atomic E-state index is 12.5. The second-order valence-electron chi connectivity index (χ2n) is 6.41. The van der Waals surface area contributed by atoms with E-state index in [1.54, 1.807) is 23.8 Å². The monoisotopic (exact) mass is 391 g/mol. The molecule has 0 aliphatic rings. The highest BCUT2D eigenvalue weighted by Crippen LogP contribution is 2.30. The molecular weight excluding hydrogens is 374 g/mol. The van der Waals surface area contributed by atoms with Gasteiger partial charge in [0.15, 0.2) is 5.65 Å². The Morgan fingerprint density at radius 3 is 2.39 bits per heavy atom. The number of nitrogens with zero attached hydrogens (tertiary/aromatic N) is 3. The SMILES string of the molecule is CCOC(=O)c1cnc2c(-c3ccc(Cl)cc3)cnn2c1-c1ccc(C)cc1. The van der Waals surface area contributed by atoms with Gasteiger partial charge < -0.3 is 4.74 Å². The predicted molar refractivity (Wildman–Crippen MR) is 110 cm³/mol. The Morgan fingerprint density at radius 1 is 1.04 bits per heavy atom. The number of halogens is 1. The van der Waals surface area contributed by atoms with Crippen LogP contribution in [-0.2, 0) is 4.74 Å². The zero-order valence-electron chi connectivity index (χ0n) is 15.5. The molecule has 28 heavy (non-hydrogen) atoms. The van der Waals surface area contributed by atoms with Crippen LogP contribution >= 0.6 is 11.6 Å². The van der Waals surface area contributed by atoms with Crippen molar-refractivity contribution in [1.29, 1.82) is 0 Å². The predicted octanol–water partition coefficient (Wildman–Crippen LogP) is 5.20. The van der Waals surface area contributed by atoms with Gasteiger partial charge in [0.1, 0.15) is 5.56 Å². The van der Waals surface area contributed by atoms with E-state index in [0.29, 0.717) is 28.5 Å². The molecule has 0 bridgehead atoms. The Kier molecular flexibility index (Phi) is 4.84. The van der Waals surface area contributed by atoms with Gasteiger partial charge in [-0.3, -0.25) is 0 Å². The van der Waals surface area contributed by atoms with E-state index in [1.165, 1.54) is 0 Å². The molecule has 0 atom stereocenters. The number of esters is 1. The molecule has 2 aromatic heterocycles. The summed E-state index contributed by atoms with van der Waals surface area (Å²) in [7, 11) is 0. The number of hydrogen-bond acceptors (Lipinski definition) is 4. The third-order valence-electron chi connectivity index (χ3n) is 4.50. The third kappa shape index (κ3) is 3.25. The third-order valence-corrected chi connectivity index (χ3v) is 4.75. The lowest BCUT2D eigenvalue weighted by atomic mass is 10.0. The van der Waals surface area contributed by atoms with Gasteiger partial charge in [0, 0.05) is 22.3 Å². The van der Waals surface area contributed by atoms with Gasteiger partial charge in [-0.05, 0) is 31.5 Å². The maximum absolute atomic E-state index is 12.5. The van der Waals surface area contributed by atoms with Gasteiger partial charge in [0.05, 0.1) is 18.5 Å². The summed E-state index contributed by atoms with van der Waals surface area (Å²) >= 11 is 6.01. The van der Waals surface area contributed by atoms with Crippen molar-refractivity contribution < 1.29 is 9.53 Å². The lowest BCUT2D eigenvalue weighted by Crippen LogP contribution is -2.11. The number of ether oxygens (including phenoxy) is 1. The Morgan fingerprint density at radius 2 is 1.71 bits per heavy atom. The van der Waals surface area contributed by atoms with Crippen LogP contribution in [0.25, 0.3) is 28.0 Å². The largest absolute Gasteiger partial charge is 0.462 e. The zero-order valence-corrected chi connectivity index (χ0v) is 16.3. The molecule has 4 rings (SSSR count). The van der Waals surface area contributed by atoms with Crippen molar-refractivity contribution >= 4 is 23.2 Å². The summed E-state index contributed by atoms with van der Waals surface area (Å²) in [5.41, 5.74) is 5.51. The van der Waals surface area contributed by atoms with Crippen molar-refractivity contribution in [3.8, 4) is 22.4 Å². The lowest BCUT2D eigenvalue weighted by molar-refractivity contribution is 0.0526. The summed E-state index contributed by atoms with van der Waals surface area (Å²) in [6.45, 7) is 4.09. The van der Waals surface area contributed by atoms with Crippen molar-refractivity contribution in [2.24, 2.45) is 0 Å². The van der Waals surface area contributed by atoms with E-state index in [-0.39, 0.29) is 0 Å². The fraction of sp³-hybridized carbons (Fsp3) is 0.136. The van der Waals surface area contributed by atoms with E-state index in [1.807, 2.05) is 55.5 Å². The first kappa shape index (κ1) is 18.2. The number of carbonyl (C=O) groups excluding carboxylic acids is 1. The normalized spacial score (nSPS) is 11.0. The summed E-state index contributed by atoms with van der Waals surface area (Å²) in [4.78, 5) is 17.1. The average molecular weight is 392 g/mol. The first-order chi connectivity index (χ1) is 13.6. The molecule has 0 aliphatic carbocycles. The molecule has 4 aromatic rings. The van der Waals surface area contributed by atoms with E-state index in [2.05, 4.69) is 10.1 Å². The van der Waals surface area contributed by atoms with Crippen LogP contribution in [0.5, 0.6) is 0 Å². The number of aryl methyl sites for hydroxylation is 1. The Hall–Kier alpha value is -3.18. The molecule has 0 unspecified atom stereocenters. The van der Waals surface area contributed by atoms with Crippen LogP contribution in [0.2, 0.25) is 5.02 Å². The maximum Gasteiger partial charge on any atom is 0.341 e. The Labute approximate surface area is 167 Å². The molecule has 0 amide bonds. The molecular formula is C22H18ClN3O2. The summed E-state index contributed by atoms with van der Waals surface area (Å²) in [6, 6.07) is 15.4. The van der Waals surface area contributed by atoms with Crippen LogP contribution in [0.1, 0.15) is 22.8 Å². The first-order valence-corrected chi connectivity index (χ1v) is 9.33. The molecule has 2 heterocycles. The molecule has 140 valence electrons. The van der Waals surface area contributed by atoms with E-state index in [0.717, 1.165) is 22.3 Å². The molecule has 0 saturated heterocycles. The molecule has 5 nitrogen and oxygen atoms in total. The van der Waals surface area contributed by atoms with E-state index >= 15 is 0 Å². The Bertz CT molecular complexity index is 1150. The van der Waals surface area contributed by atoms with Crippen molar-refractivity contribution in [2.75, 3.05) is 6.61 Å². The number of rotatable bonds is 4. The number of hydrogen-bond donors (Lipinski definition) is 0. The Balaban J connectivity index is 1.96. The zero-order chi connectivity index (χ0) is 19.7. The van der Waals surface area contributed by atoms with Gasteiger partial charge in [0.25, 0.3) is 0 Å². The number of benzene rings is 2. The van der Waals surface area contributed by atoms with Crippen LogP contribution in [-0.4, -0.2) is 27.2 Å². The van der Waals surface area contributed by atoms with Gasteiger partial charge in [-0.2, -0.15) is 5.10 Å². The second kappa shape index (κ2) is 7.44. The summed E-state index contributed by atoms with van der Waals surface area (Å²) in [6.07, 6.45) is 3.31. The standard InChI is InChI=1S/C22H18ClN3O2/c1-3-28-22(27)19-12-24-21-18(15-8-10-17(23)11-9-15)13-25-26(21)20(19)16-6-4-14(2)5-7-16/h4-13H,3H2,1-2H3. The van der Waals surface area contributed by atoms with Gasteiger partial charge in [-0.15, -0.1) is 0 Å². The van der Waals surface area contributed by atoms with Gasteiger partial charge in [-0.25, -0.2) is 14.3 Å². The van der Waals surface area contributed by atoms with Crippen molar-refractivity contribution in [1.82, 2.24) is 14.6 Å². The summed E-state index contributed by atoms with van der Waals surface area (Å²) in [5.74, 6) is -0.420. The van der Waals surface area contributed by atoms with Crippen LogP contribution in [0.3, 0.4) is 0 Å². The van der Waals surface area contributed by atoms with Crippen LogP contribution < -0.4 is 0 Å². The molecule has 0 fully saturated rings. The highest BCUT2D eigenvalue weighted by Gasteiger charge is 2.21.